The molecule has 0 radical (unpaired) electrons. The number of anilines is 1. The average Bonchev–Trinajstić information content (AvgIpc) is 2.19. The molecule has 0 fully saturated rings. The number of hydrogen-bond donors (Lipinski definition) is 2. The maximum atomic E-state index is 9.48. The molecule has 14 heavy (non-hydrogen) atoms. The molecule has 2 N–H and O–H groups in total. The molecule has 1 aromatic rings. The Balaban J connectivity index is 2.55. The van der Waals surface area contributed by atoms with Crippen LogP contribution in [0.3, 0.4) is 0 Å². The molecule has 1 unspecified atom stereocenters. The van der Waals surface area contributed by atoms with Gasteiger partial charge in [0, 0.05) is 18.3 Å². The average molecular weight is 193 g/mol. The second kappa shape index (κ2) is 4.89. The lowest BCUT2D eigenvalue weighted by molar-refractivity contribution is 0.471. The number of aromatic hydroxyl groups is 1. The van der Waals surface area contributed by atoms with Gasteiger partial charge in [-0.05, 0) is 24.5 Å². The van der Waals surface area contributed by atoms with Gasteiger partial charge in [-0.25, -0.2) is 0 Å². The highest BCUT2D eigenvalue weighted by atomic mass is 16.3. The zero-order valence-corrected chi connectivity index (χ0v) is 9.17. The predicted molar refractivity (Wildman–Crippen MR) is 60.8 cm³/mol. The van der Waals surface area contributed by atoms with E-state index in [-0.39, 0.29) is 0 Å². The van der Waals surface area contributed by atoms with Gasteiger partial charge in [0.1, 0.15) is 5.75 Å². The molecule has 1 aromatic carbocycles. The fourth-order valence-corrected chi connectivity index (χ4v) is 1.16. The topological polar surface area (TPSA) is 32.3 Å². The standard InChI is InChI=1S/C12H19NO/c1-4-9(2)8-13-11-6-5-10(3)12(14)7-11/h5-7,9,13-14H,4,8H2,1-3H3. The molecule has 0 heterocycles. The van der Waals surface area contributed by atoms with Crippen molar-refractivity contribution in [1.82, 2.24) is 0 Å². The summed E-state index contributed by atoms with van der Waals surface area (Å²) in [6.45, 7) is 7.24. The van der Waals surface area contributed by atoms with E-state index in [1.807, 2.05) is 19.1 Å². The molecule has 0 amide bonds. The van der Waals surface area contributed by atoms with Crippen molar-refractivity contribution in [3.8, 4) is 5.75 Å². The second-order valence-corrected chi connectivity index (χ2v) is 3.90. The maximum Gasteiger partial charge on any atom is 0.120 e. The van der Waals surface area contributed by atoms with E-state index < -0.39 is 0 Å². The molecule has 2 nitrogen and oxygen atoms in total. The fourth-order valence-electron chi connectivity index (χ4n) is 1.16. The van der Waals surface area contributed by atoms with E-state index in [0.29, 0.717) is 11.7 Å². The minimum Gasteiger partial charge on any atom is -0.508 e. The monoisotopic (exact) mass is 193 g/mol. The summed E-state index contributed by atoms with van der Waals surface area (Å²) in [4.78, 5) is 0. The van der Waals surface area contributed by atoms with Crippen molar-refractivity contribution >= 4 is 5.69 Å². The van der Waals surface area contributed by atoms with Crippen molar-refractivity contribution in [2.75, 3.05) is 11.9 Å². The highest BCUT2D eigenvalue weighted by Crippen LogP contribution is 2.20. The van der Waals surface area contributed by atoms with Gasteiger partial charge in [0.05, 0.1) is 0 Å². The van der Waals surface area contributed by atoms with Crippen LogP contribution in [0, 0.1) is 12.8 Å². The molecule has 0 aliphatic carbocycles. The number of aryl methyl sites for hydroxylation is 1. The first kappa shape index (κ1) is 10.9. The highest BCUT2D eigenvalue weighted by Gasteiger charge is 2.00. The summed E-state index contributed by atoms with van der Waals surface area (Å²) in [5, 5.41) is 12.8. The maximum absolute atomic E-state index is 9.48. The smallest absolute Gasteiger partial charge is 0.120 e. The molecule has 78 valence electrons. The molecular weight excluding hydrogens is 174 g/mol. The SMILES string of the molecule is CCC(C)CNc1ccc(C)c(O)c1. The highest BCUT2D eigenvalue weighted by molar-refractivity contribution is 5.50. The van der Waals surface area contributed by atoms with Crippen LogP contribution in [0.15, 0.2) is 18.2 Å². The summed E-state index contributed by atoms with van der Waals surface area (Å²) >= 11 is 0. The van der Waals surface area contributed by atoms with Crippen LogP contribution in [-0.4, -0.2) is 11.7 Å². The number of benzene rings is 1. The second-order valence-electron chi connectivity index (χ2n) is 3.90. The molecule has 0 aliphatic heterocycles. The van der Waals surface area contributed by atoms with Crippen LogP contribution in [0.5, 0.6) is 5.75 Å². The lowest BCUT2D eigenvalue weighted by Crippen LogP contribution is -2.09. The summed E-state index contributed by atoms with van der Waals surface area (Å²) in [6, 6.07) is 5.70. The van der Waals surface area contributed by atoms with E-state index in [1.165, 1.54) is 6.42 Å². The third kappa shape index (κ3) is 2.95. The fraction of sp³-hybridized carbons (Fsp3) is 0.500. The van der Waals surface area contributed by atoms with Crippen LogP contribution >= 0.6 is 0 Å². The van der Waals surface area contributed by atoms with E-state index in [1.54, 1.807) is 6.07 Å². The molecule has 0 saturated carbocycles. The van der Waals surface area contributed by atoms with E-state index >= 15 is 0 Å². The normalized spacial score (nSPS) is 12.5. The summed E-state index contributed by atoms with van der Waals surface area (Å²) in [6.07, 6.45) is 1.17. The van der Waals surface area contributed by atoms with Gasteiger partial charge in [0.2, 0.25) is 0 Å². The van der Waals surface area contributed by atoms with E-state index in [4.69, 9.17) is 0 Å². The van der Waals surface area contributed by atoms with Crippen LogP contribution in [0.1, 0.15) is 25.8 Å². The zero-order valence-electron chi connectivity index (χ0n) is 9.17. The largest absolute Gasteiger partial charge is 0.508 e. The summed E-state index contributed by atoms with van der Waals surface area (Å²) in [7, 11) is 0. The van der Waals surface area contributed by atoms with Gasteiger partial charge in [-0.1, -0.05) is 26.3 Å². The summed E-state index contributed by atoms with van der Waals surface area (Å²) in [5.74, 6) is 1.03. The molecular formula is C12H19NO. The Bertz CT molecular complexity index is 296. The minimum atomic E-state index is 0.360. The van der Waals surface area contributed by atoms with Crippen molar-refractivity contribution in [3.63, 3.8) is 0 Å². The van der Waals surface area contributed by atoms with Gasteiger partial charge in [-0.2, -0.15) is 0 Å². The molecule has 1 atom stereocenters. The number of rotatable bonds is 4. The Morgan fingerprint density at radius 3 is 2.71 bits per heavy atom. The predicted octanol–water partition coefficient (Wildman–Crippen LogP) is 3.16. The minimum absolute atomic E-state index is 0.360. The van der Waals surface area contributed by atoms with Crippen molar-refractivity contribution < 1.29 is 5.11 Å². The molecule has 2 heteroatoms. The van der Waals surface area contributed by atoms with Crippen LogP contribution in [0.2, 0.25) is 0 Å². The Hall–Kier alpha value is -1.18. The Kier molecular flexibility index (Phi) is 3.81. The van der Waals surface area contributed by atoms with Crippen molar-refractivity contribution in [2.24, 2.45) is 5.92 Å². The summed E-state index contributed by atoms with van der Waals surface area (Å²) < 4.78 is 0. The molecule has 0 aromatic heterocycles. The Morgan fingerprint density at radius 2 is 2.14 bits per heavy atom. The number of phenols is 1. The van der Waals surface area contributed by atoms with Crippen LogP contribution in [0.25, 0.3) is 0 Å². The summed E-state index contributed by atoms with van der Waals surface area (Å²) in [5.41, 5.74) is 1.91. The molecule has 0 bridgehead atoms. The first-order valence-electron chi connectivity index (χ1n) is 5.17. The number of phenolic OH excluding ortho intramolecular Hbond substituents is 1. The van der Waals surface area contributed by atoms with Crippen molar-refractivity contribution in [2.45, 2.75) is 27.2 Å². The third-order valence-corrected chi connectivity index (χ3v) is 2.56. The van der Waals surface area contributed by atoms with Gasteiger partial charge in [0.25, 0.3) is 0 Å². The first-order valence-corrected chi connectivity index (χ1v) is 5.17. The molecule has 0 saturated heterocycles. The number of hydrogen-bond acceptors (Lipinski definition) is 2. The van der Waals surface area contributed by atoms with Gasteiger partial charge in [-0.15, -0.1) is 0 Å². The van der Waals surface area contributed by atoms with Crippen molar-refractivity contribution in [3.05, 3.63) is 23.8 Å². The lowest BCUT2D eigenvalue weighted by atomic mass is 10.1. The van der Waals surface area contributed by atoms with Gasteiger partial charge >= 0.3 is 0 Å². The zero-order chi connectivity index (χ0) is 10.6. The van der Waals surface area contributed by atoms with Crippen LogP contribution < -0.4 is 5.32 Å². The van der Waals surface area contributed by atoms with Gasteiger partial charge in [-0.3, -0.25) is 0 Å². The van der Waals surface area contributed by atoms with Gasteiger partial charge < -0.3 is 10.4 Å². The quantitative estimate of drug-likeness (QED) is 0.769. The van der Waals surface area contributed by atoms with Crippen LogP contribution in [0.4, 0.5) is 5.69 Å². The van der Waals surface area contributed by atoms with Gasteiger partial charge in [0.15, 0.2) is 0 Å². The molecule has 0 spiro atoms. The Morgan fingerprint density at radius 1 is 1.43 bits per heavy atom. The van der Waals surface area contributed by atoms with E-state index in [9.17, 15) is 5.11 Å². The molecule has 0 aliphatic rings. The van der Waals surface area contributed by atoms with E-state index in [2.05, 4.69) is 19.2 Å². The van der Waals surface area contributed by atoms with Crippen LogP contribution in [-0.2, 0) is 0 Å². The first-order chi connectivity index (χ1) is 6.63. The lowest BCUT2D eigenvalue weighted by Gasteiger charge is -2.11. The Labute approximate surface area is 86.0 Å². The number of nitrogens with one attached hydrogen (secondary N) is 1. The van der Waals surface area contributed by atoms with Crippen molar-refractivity contribution in [1.29, 1.82) is 0 Å². The molecule has 1 rings (SSSR count). The third-order valence-electron chi connectivity index (χ3n) is 2.56. The van der Waals surface area contributed by atoms with E-state index in [0.717, 1.165) is 17.8 Å².